The zero-order valence-corrected chi connectivity index (χ0v) is 16.9. The Balaban J connectivity index is 1.69. The first-order valence-electron chi connectivity index (χ1n) is 10.4. The van der Waals surface area contributed by atoms with E-state index in [-0.39, 0.29) is 36.3 Å². The lowest BCUT2D eigenvalue weighted by Crippen LogP contribution is -2.44. The summed E-state index contributed by atoms with van der Waals surface area (Å²) in [6.45, 7) is 1.65. The predicted molar refractivity (Wildman–Crippen MR) is 111 cm³/mol. The van der Waals surface area contributed by atoms with Crippen molar-refractivity contribution >= 4 is 22.6 Å². The molecule has 0 fully saturated rings. The first-order valence-corrected chi connectivity index (χ1v) is 10.4. The lowest BCUT2D eigenvalue weighted by atomic mass is 9.84. The van der Waals surface area contributed by atoms with Crippen molar-refractivity contribution in [3.63, 3.8) is 0 Å². The van der Waals surface area contributed by atoms with Gasteiger partial charge in [0.2, 0.25) is 0 Å². The highest BCUT2D eigenvalue weighted by molar-refractivity contribution is 5.95. The van der Waals surface area contributed by atoms with Crippen LogP contribution in [0.4, 0.5) is 10.1 Å². The molecule has 0 bridgehead atoms. The molecule has 0 saturated carbocycles. The molecule has 158 valence electrons. The average molecular weight is 421 g/mol. The number of aryl methyl sites for hydroxylation is 1. The summed E-state index contributed by atoms with van der Waals surface area (Å²) in [5.74, 6) is -0.768. The van der Waals surface area contributed by atoms with E-state index in [2.05, 4.69) is 0 Å². The minimum atomic E-state index is -1.89. The van der Waals surface area contributed by atoms with Crippen LogP contribution in [-0.2, 0) is 34.7 Å². The molecule has 3 aliphatic rings. The van der Waals surface area contributed by atoms with Crippen molar-refractivity contribution in [1.29, 1.82) is 0 Å². The number of esters is 1. The molecule has 31 heavy (non-hydrogen) atoms. The number of pyridine rings is 2. The van der Waals surface area contributed by atoms with Crippen molar-refractivity contribution in [3.8, 4) is 11.4 Å². The van der Waals surface area contributed by atoms with E-state index in [1.54, 1.807) is 25.1 Å². The number of halogens is 1. The van der Waals surface area contributed by atoms with Crippen molar-refractivity contribution in [2.45, 2.75) is 51.1 Å². The number of nitrogens with zero attached hydrogens (tertiary/aromatic N) is 2. The Hall–Kier alpha value is -3.26. The highest BCUT2D eigenvalue weighted by Crippen LogP contribution is 2.46. The van der Waals surface area contributed by atoms with Crippen LogP contribution in [-0.4, -0.2) is 20.6 Å². The highest BCUT2D eigenvalue weighted by atomic mass is 19.1. The number of aliphatic hydroxyl groups is 1. The number of hydrogen-bond acceptors (Lipinski definition) is 6. The molecule has 0 amide bonds. The maximum atomic E-state index is 15.2. The number of aromatic nitrogens is 2. The van der Waals surface area contributed by atoms with Gasteiger partial charge in [0.15, 0.2) is 5.60 Å². The van der Waals surface area contributed by atoms with Crippen molar-refractivity contribution in [2.24, 2.45) is 0 Å². The number of benzene rings is 1. The van der Waals surface area contributed by atoms with Crippen LogP contribution in [0, 0.1) is 0 Å². The van der Waals surface area contributed by atoms with Crippen LogP contribution in [0.1, 0.15) is 53.8 Å². The Morgan fingerprint density at radius 3 is 2.90 bits per heavy atom. The first-order chi connectivity index (χ1) is 14.8. The van der Waals surface area contributed by atoms with Crippen LogP contribution in [0.2, 0.25) is 0 Å². The van der Waals surface area contributed by atoms with Crippen molar-refractivity contribution in [2.75, 3.05) is 5.73 Å². The summed E-state index contributed by atoms with van der Waals surface area (Å²) in [5, 5.41) is 11.7. The predicted octanol–water partition coefficient (Wildman–Crippen LogP) is 2.62. The normalized spacial score (nSPS) is 23.3. The lowest BCUT2D eigenvalue weighted by Gasteiger charge is -2.31. The van der Waals surface area contributed by atoms with Gasteiger partial charge in [0, 0.05) is 27.8 Å². The Bertz CT molecular complexity index is 1400. The zero-order valence-electron chi connectivity index (χ0n) is 16.9. The van der Waals surface area contributed by atoms with E-state index in [0.29, 0.717) is 46.6 Å². The zero-order chi connectivity index (χ0) is 21.7. The number of nitrogen functional groups attached to an aromatic ring is 1. The second-order valence-corrected chi connectivity index (χ2v) is 8.49. The average Bonchev–Trinajstić information content (AvgIpc) is 3.13. The number of alkyl halides is 1. The second kappa shape index (κ2) is 5.91. The molecule has 8 heteroatoms. The number of cyclic esters (lactones) is 1. The molecule has 3 N–H and O–H groups in total. The molecule has 0 radical (unpaired) electrons. The Morgan fingerprint density at radius 2 is 2.13 bits per heavy atom. The molecule has 0 spiro atoms. The molecule has 2 atom stereocenters. The molecule has 4 heterocycles. The van der Waals surface area contributed by atoms with Gasteiger partial charge < -0.3 is 20.1 Å². The van der Waals surface area contributed by atoms with E-state index < -0.39 is 17.7 Å². The molecule has 7 nitrogen and oxygen atoms in total. The molecule has 0 unspecified atom stereocenters. The Labute approximate surface area is 176 Å². The van der Waals surface area contributed by atoms with Gasteiger partial charge >= 0.3 is 5.97 Å². The van der Waals surface area contributed by atoms with Gasteiger partial charge in [-0.15, -0.1) is 0 Å². The van der Waals surface area contributed by atoms with Gasteiger partial charge in [0.1, 0.15) is 12.8 Å². The number of anilines is 1. The smallest absolute Gasteiger partial charge is 0.343 e. The fourth-order valence-electron chi connectivity index (χ4n) is 5.32. The maximum absolute atomic E-state index is 15.2. The highest BCUT2D eigenvalue weighted by Gasteiger charge is 2.45. The summed E-state index contributed by atoms with van der Waals surface area (Å²) in [4.78, 5) is 30.4. The van der Waals surface area contributed by atoms with Crippen LogP contribution >= 0.6 is 0 Å². The monoisotopic (exact) mass is 421 g/mol. The molecular formula is C23H20FN3O4. The fraction of sp³-hybridized carbons (Fsp3) is 0.348. The third kappa shape index (κ3) is 2.18. The number of fused-ring (bicyclic) bond motifs is 5. The van der Waals surface area contributed by atoms with Crippen molar-refractivity contribution in [3.05, 3.63) is 56.4 Å². The van der Waals surface area contributed by atoms with Crippen LogP contribution < -0.4 is 11.3 Å². The summed E-state index contributed by atoms with van der Waals surface area (Å²) in [6.07, 6.45) is -0.236. The quantitative estimate of drug-likeness (QED) is 0.361. The number of hydrogen-bond donors (Lipinski definition) is 2. The largest absolute Gasteiger partial charge is 0.458 e. The third-order valence-corrected chi connectivity index (χ3v) is 7.00. The van der Waals surface area contributed by atoms with E-state index in [1.807, 2.05) is 0 Å². The number of nitrogens with two attached hydrogens (primary N) is 1. The van der Waals surface area contributed by atoms with E-state index in [4.69, 9.17) is 15.5 Å². The van der Waals surface area contributed by atoms with Crippen molar-refractivity contribution in [1.82, 2.24) is 9.55 Å². The standard InChI is InChI=1S/C23H20FN3O4/c1-2-23(30)13-7-17-20-11(8-27(17)21(28)12(13)9-31-22(23)29)18-14(24)4-3-10-15(25)5-6-16(26-20)19(10)18/h5-7,14,30H,2-4,8-9,25H2,1H3/t14-,23-/m0/s1. The molecule has 1 aliphatic carbocycles. The van der Waals surface area contributed by atoms with E-state index in [1.165, 1.54) is 4.57 Å². The Kier molecular flexibility index (Phi) is 3.53. The minimum absolute atomic E-state index is 0.0696. The minimum Gasteiger partial charge on any atom is -0.458 e. The Morgan fingerprint density at radius 1 is 1.32 bits per heavy atom. The summed E-state index contributed by atoms with van der Waals surface area (Å²) in [6, 6.07) is 5.20. The molecule has 2 aromatic heterocycles. The fourth-order valence-corrected chi connectivity index (χ4v) is 5.32. The number of rotatable bonds is 1. The van der Waals surface area contributed by atoms with E-state index in [9.17, 15) is 14.7 Å². The van der Waals surface area contributed by atoms with Crippen LogP contribution in [0.3, 0.4) is 0 Å². The SMILES string of the molecule is CC[C@@]1(O)C(=O)OCc2c1cc1n(c2=O)Cc2c-1nc1ccc(N)c3c1c2[C@@H](F)CC3. The molecule has 1 aromatic carbocycles. The molecule has 6 rings (SSSR count). The molecule has 2 aliphatic heterocycles. The summed E-state index contributed by atoms with van der Waals surface area (Å²) >= 11 is 0. The van der Waals surface area contributed by atoms with Gasteiger partial charge in [0.05, 0.1) is 29.0 Å². The van der Waals surface area contributed by atoms with E-state index >= 15 is 4.39 Å². The second-order valence-electron chi connectivity index (χ2n) is 8.49. The molecular weight excluding hydrogens is 401 g/mol. The maximum Gasteiger partial charge on any atom is 0.343 e. The van der Waals surface area contributed by atoms with Gasteiger partial charge in [-0.05, 0) is 43.0 Å². The van der Waals surface area contributed by atoms with Gasteiger partial charge in [-0.2, -0.15) is 0 Å². The summed E-state index contributed by atoms with van der Waals surface area (Å²) in [5.41, 5.74) is 8.78. The topological polar surface area (TPSA) is 107 Å². The van der Waals surface area contributed by atoms with Gasteiger partial charge in [0.25, 0.3) is 5.56 Å². The van der Waals surface area contributed by atoms with Crippen LogP contribution in [0.15, 0.2) is 23.0 Å². The van der Waals surface area contributed by atoms with Gasteiger partial charge in [-0.25, -0.2) is 14.2 Å². The summed E-state index contributed by atoms with van der Waals surface area (Å²) < 4.78 is 21.9. The van der Waals surface area contributed by atoms with Crippen LogP contribution in [0.25, 0.3) is 22.3 Å². The van der Waals surface area contributed by atoms with Gasteiger partial charge in [-0.3, -0.25) is 4.79 Å². The van der Waals surface area contributed by atoms with Crippen LogP contribution in [0.5, 0.6) is 0 Å². The third-order valence-electron chi connectivity index (χ3n) is 7.00. The lowest BCUT2D eigenvalue weighted by molar-refractivity contribution is -0.172. The molecule has 0 saturated heterocycles. The van der Waals surface area contributed by atoms with Crippen molar-refractivity contribution < 1.29 is 19.0 Å². The van der Waals surface area contributed by atoms with Gasteiger partial charge in [-0.1, -0.05) is 6.92 Å². The number of ether oxygens (including phenoxy) is 1. The number of carbonyl (C=O) groups is 1. The molecule has 3 aromatic rings. The summed E-state index contributed by atoms with van der Waals surface area (Å²) in [7, 11) is 0. The first kappa shape index (κ1) is 18.5. The van der Waals surface area contributed by atoms with E-state index in [0.717, 1.165) is 10.9 Å². The number of carbonyl (C=O) groups excluding carboxylic acids is 1.